The van der Waals surface area contributed by atoms with Crippen LogP contribution in [0.25, 0.3) is 16.6 Å². The highest BCUT2D eigenvalue weighted by atomic mass is 16.5. The molecule has 1 saturated carbocycles. The third-order valence-corrected chi connectivity index (χ3v) is 6.27. The van der Waals surface area contributed by atoms with Gasteiger partial charge in [0.05, 0.1) is 17.1 Å². The Labute approximate surface area is 202 Å². The normalized spacial score (nSPS) is 19.9. The number of nitrogens with zero attached hydrogens (tertiary/aromatic N) is 2. The molecule has 0 aromatic carbocycles. The van der Waals surface area contributed by atoms with Crippen molar-refractivity contribution in [1.29, 1.82) is 5.41 Å². The molecular weight excluding hydrogens is 426 g/mol. The van der Waals surface area contributed by atoms with E-state index >= 15 is 0 Å². The summed E-state index contributed by atoms with van der Waals surface area (Å²) in [5.74, 6) is 1.97. The van der Waals surface area contributed by atoms with E-state index < -0.39 is 0 Å². The zero-order valence-corrected chi connectivity index (χ0v) is 20.3. The van der Waals surface area contributed by atoms with Crippen molar-refractivity contribution in [2.75, 3.05) is 19.0 Å². The molecule has 0 radical (unpaired) electrons. The summed E-state index contributed by atoms with van der Waals surface area (Å²) in [4.78, 5) is 9.18. The number of hydrogen-bond acceptors (Lipinski definition) is 8. The number of ether oxygens (including phenoxy) is 1. The van der Waals surface area contributed by atoms with Crippen LogP contribution < -0.4 is 22.1 Å². The van der Waals surface area contributed by atoms with Crippen LogP contribution in [0, 0.1) is 17.2 Å². The molecule has 2 aromatic rings. The summed E-state index contributed by atoms with van der Waals surface area (Å²) in [5, 5.41) is 14.4. The third-order valence-electron chi connectivity index (χ3n) is 6.27. The van der Waals surface area contributed by atoms with E-state index in [4.69, 9.17) is 21.6 Å². The molecule has 0 amide bonds. The van der Waals surface area contributed by atoms with Gasteiger partial charge in [0.15, 0.2) is 0 Å². The van der Waals surface area contributed by atoms with Crippen LogP contribution in [0.5, 0.6) is 0 Å². The first-order chi connectivity index (χ1) is 16.4. The largest absolute Gasteiger partial charge is 0.404 e. The lowest BCUT2D eigenvalue weighted by molar-refractivity contribution is 0.0572. The van der Waals surface area contributed by atoms with Gasteiger partial charge in [-0.05, 0) is 73.6 Å². The molecule has 0 unspecified atom stereocenters. The van der Waals surface area contributed by atoms with E-state index in [2.05, 4.69) is 34.4 Å². The molecule has 0 aliphatic heterocycles. The number of fused-ring (bicyclic) bond motifs is 1. The molecule has 182 valence electrons. The predicted octanol–water partition coefficient (Wildman–Crippen LogP) is 4.13. The van der Waals surface area contributed by atoms with Crippen LogP contribution in [0.1, 0.15) is 45.1 Å². The maximum atomic E-state index is 7.88. The number of aromatic nitrogens is 2. The third kappa shape index (κ3) is 6.81. The first-order valence-corrected chi connectivity index (χ1v) is 11.8. The fourth-order valence-electron chi connectivity index (χ4n) is 4.12. The SMILES string of the molecule is CO[C@H]1CC[C@H](CN/C=C(\C=N)c2cnc3ccc(N/C(N)=C/C(=C\N)C(C)C)nc3c2)CC1. The minimum absolute atomic E-state index is 0.266. The summed E-state index contributed by atoms with van der Waals surface area (Å²) in [5.41, 5.74) is 15.9. The van der Waals surface area contributed by atoms with Crippen LogP contribution in [0.2, 0.25) is 0 Å². The molecule has 3 rings (SSSR count). The molecule has 0 atom stereocenters. The Balaban J connectivity index is 1.70. The van der Waals surface area contributed by atoms with Crippen molar-refractivity contribution in [2.24, 2.45) is 23.3 Å². The monoisotopic (exact) mass is 463 g/mol. The highest BCUT2D eigenvalue weighted by Crippen LogP contribution is 2.25. The number of pyridine rings is 2. The van der Waals surface area contributed by atoms with Gasteiger partial charge in [-0.15, -0.1) is 0 Å². The van der Waals surface area contributed by atoms with E-state index in [1.807, 2.05) is 30.5 Å². The van der Waals surface area contributed by atoms with Crippen molar-refractivity contribution in [3.05, 3.63) is 59.8 Å². The molecule has 7 N–H and O–H groups in total. The van der Waals surface area contributed by atoms with E-state index in [0.717, 1.165) is 60.0 Å². The van der Waals surface area contributed by atoms with Gasteiger partial charge in [-0.1, -0.05) is 13.8 Å². The van der Waals surface area contributed by atoms with Crippen molar-refractivity contribution in [3.8, 4) is 0 Å². The van der Waals surface area contributed by atoms with Gasteiger partial charge in [0.1, 0.15) is 11.6 Å². The van der Waals surface area contributed by atoms with Gasteiger partial charge in [-0.25, -0.2) is 4.98 Å². The molecule has 2 aromatic heterocycles. The first kappa shape index (κ1) is 25.2. The Morgan fingerprint density at radius 2 is 2.00 bits per heavy atom. The lowest BCUT2D eigenvalue weighted by Gasteiger charge is -2.27. The van der Waals surface area contributed by atoms with Crippen LogP contribution in [0.4, 0.5) is 5.82 Å². The second-order valence-electron chi connectivity index (χ2n) is 9.04. The Morgan fingerprint density at radius 3 is 2.65 bits per heavy atom. The predicted molar refractivity (Wildman–Crippen MR) is 140 cm³/mol. The topological polar surface area (TPSA) is 135 Å². The first-order valence-electron chi connectivity index (χ1n) is 11.8. The maximum Gasteiger partial charge on any atom is 0.132 e. The highest BCUT2D eigenvalue weighted by molar-refractivity contribution is 6.08. The molecule has 0 bridgehead atoms. The molecule has 0 spiro atoms. The van der Waals surface area contributed by atoms with Crippen LogP contribution in [0.3, 0.4) is 0 Å². The summed E-state index contributed by atoms with van der Waals surface area (Å²) in [7, 11) is 1.79. The van der Waals surface area contributed by atoms with Gasteiger partial charge in [0, 0.05) is 43.4 Å². The summed E-state index contributed by atoms with van der Waals surface area (Å²) >= 11 is 0. The van der Waals surface area contributed by atoms with Crippen molar-refractivity contribution in [3.63, 3.8) is 0 Å². The second kappa shape index (κ2) is 12.2. The van der Waals surface area contributed by atoms with Crippen molar-refractivity contribution in [1.82, 2.24) is 15.3 Å². The summed E-state index contributed by atoms with van der Waals surface area (Å²) in [6, 6.07) is 5.67. The Hall–Kier alpha value is -3.39. The number of nitrogens with one attached hydrogen (secondary N) is 3. The summed E-state index contributed by atoms with van der Waals surface area (Å²) in [6.45, 7) is 5.00. The average Bonchev–Trinajstić information content (AvgIpc) is 2.85. The number of nitrogens with two attached hydrogens (primary N) is 2. The number of hydrogen-bond donors (Lipinski definition) is 5. The molecule has 8 nitrogen and oxygen atoms in total. The Kier molecular flexibility index (Phi) is 9.04. The van der Waals surface area contributed by atoms with E-state index in [9.17, 15) is 0 Å². The molecule has 8 heteroatoms. The lowest BCUT2D eigenvalue weighted by Crippen LogP contribution is -2.26. The van der Waals surface area contributed by atoms with Crippen LogP contribution >= 0.6 is 0 Å². The smallest absolute Gasteiger partial charge is 0.132 e. The zero-order valence-electron chi connectivity index (χ0n) is 20.3. The number of rotatable bonds is 10. The molecule has 34 heavy (non-hydrogen) atoms. The molecule has 0 saturated heterocycles. The minimum Gasteiger partial charge on any atom is -0.404 e. The second-order valence-corrected chi connectivity index (χ2v) is 9.04. The lowest BCUT2D eigenvalue weighted by atomic mass is 9.87. The average molecular weight is 464 g/mol. The fraction of sp³-hybridized carbons (Fsp3) is 0.423. The highest BCUT2D eigenvalue weighted by Gasteiger charge is 2.20. The minimum atomic E-state index is 0.266. The molecule has 1 aliphatic carbocycles. The standard InChI is InChI=1S/C26H37N7O/c1-17(2)19(12-27)11-25(29)33-26-9-8-23-24(32-26)10-20(16-31-23)21(13-28)15-30-14-18-4-6-22(34-3)7-5-18/h8-13,15-18,22,28,30H,4-7,14,27,29H2,1-3H3,(H,32,33)/b19-12+,21-15+,25-11+,28-13?/t18-,22-. The van der Waals surface area contributed by atoms with Gasteiger partial charge in [0.25, 0.3) is 0 Å². The van der Waals surface area contributed by atoms with Gasteiger partial charge < -0.3 is 32.2 Å². The quantitative estimate of drug-likeness (QED) is 0.264. The summed E-state index contributed by atoms with van der Waals surface area (Å²) < 4.78 is 5.46. The number of methoxy groups -OCH3 is 1. The number of anilines is 1. The van der Waals surface area contributed by atoms with Crippen molar-refractivity contribution >= 4 is 28.6 Å². The van der Waals surface area contributed by atoms with Crippen LogP contribution in [0.15, 0.2) is 54.3 Å². The van der Waals surface area contributed by atoms with Gasteiger partial charge in [-0.3, -0.25) is 4.98 Å². The van der Waals surface area contributed by atoms with E-state index in [1.54, 1.807) is 19.5 Å². The molecule has 1 fully saturated rings. The van der Waals surface area contributed by atoms with Gasteiger partial charge in [-0.2, -0.15) is 0 Å². The van der Waals surface area contributed by atoms with Crippen LogP contribution in [-0.4, -0.2) is 35.9 Å². The van der Waals surface area contributed by atoms with Gasteiger partial charge >= 0.3 is 0 Å². The van der Waals surface area contributed by atoms with E-state index in [1.165, 1.54) is 6.21 Å². The fourth-order valence-corrected chi connectivity index (χ4v) is 4.12. The van der Waals surface area contributed by atoms with E-state index in [-0.39, 0.29) is 5.92 Å². The number of allylic oxidation sites excluding steroid dienone is 3. The molecular formula is C26H37N7O. The molecule has 2 heterocycles. The summed E-state index contributed by atoms with van der Waals surface area (Å²) in [6.07, 6.45) is 13.3. The van der Waals surface area contributed by atoms with Crippen molar-refractivity contribution < 1.29 is 4.74 Å². The van der Waals surface area contributed by atoms with Crippen molar-refractivity contribution in [2.45, 2.75) is 45.6 Å². The Morgan fingerprint density at radius 1 is 1.24 bits per heavy atom. The molecule has 1 aliphatic rings. The Bertz CT molecular complexity index is 1070. The maximum absolute atomic E-state index is 7.88. The zero-order chi connectivity index (χ0) is 24.5. The van der Waals surface area contributed by atoms with E-state index in [0.29, 0.717) is 23.7 Å². The van der Waals surface area contributed by atoms with Crippen LogP contribution in [-0.2, 0) is 4.74 Å². The van der Waals surface area contributed by atoms with Gasteiger partial charge in [0.2, 0.25) is 0 Å².